The van der Waals surface area contributed by atoms with Gasteiger partial charge in [0.05, 0.1) is 13.2 Å². The van der Waals surface area contributed by atoms with Crippen LogP contribution in [0.4, 0.5) is 5.95 Å². The van der Waals surface area contributed by atoms with E-state index in [1.165, 1.54) is 0 Å². The number of carbonyl (C=O) groups is 1. The fraction of sp³-hybridized carbons (Fsp3) is 0.667. The molecule has 122 valence electrons. The summed E-state index contributed by atoms with van der Waals surface area (Å²) in [5.41, 5.74) is 1.24. The van der Waals surface area contributed by atoms with Gasteiger partial charge < -0.3 is 19.9 Å². The van der Waals surface area contributed by atoms with Crippen molar-refractivity contribution >= 4 is 11.9 Å². The zero-order valence-electron chi connectivity index (χ0n) is 13.6. The molecule has 1 aliphatic heterocycles. The highest BCUT2D eigenvalue weighted by Gasteiger charge is 2.20. The smallest absolute Gasteiger partial charge is 0.272 e. The molecule has 0 aliphatic carbocycles. The van der Waals surface area contributed by atoms with E-state index in [0.29, 0.717) is 37.9 Å². The Morgan fingerprint density at radius 2 is 2.09 bits per heavy atom. The monoisotopic (exact) mass is 307 g/mol. The molecule has 1 aromatic rings. The minimum atomic E-state index is -0.0508. The van der Waals surface area contributed by atoms with Crippen molar-refractivity contribution in [3.05, 3.63) is 17.5 Å². The Morgan fingerprint density at radius 1 is 1.36 bits per heavy atom. The van der Waals surface area contributed by atoms with Crippen LogP contribution in [0.2, 0.25) is 0 Å². The van der Waals surface area contributed by atoms with Crippen LogP contribution in [-0.4, -0.2) is 79.2 Å². The van der Waals surface area contributed by atoms with Gasteiger partial charge in [-0.3, -0.25) is 4.79 Å². The minimum Gasteiger partial charge on any atom is -0.378 e. The third-order valence-corrected chi connectivity index (χ3v) is 3.44. The van der Waals surface area contributed by atoms with E-state index in [-0.39, 0.29) is 5.91 Å². The fourth-order valence-corrected chi connectivity index (χ4v) is 2.28. The highest BCUT2D eigenvalue weighted by atomic mass is 16.5. The maximum absolute atomic E-state index is 12.5. The largest absolute Gasteiger partial charge is 0.378 e. The highest BCUT2D eigenvalue weighted by Crippen LogP contribution is 2.09. The van der Waals surface area contributed by atoms with E-state index in [4.69, 9.17) is 4.74 Å². The van der Waals surface area contributed by atoms with Crippen LogP contribution in [0, 0.1) is 6.92 Å². The Kier molecular flexibility index (Phi) is 6.09. The van der Waals surface area contributed by atoms with Gasteiger partial charge in [-0.1, -0.05) is 0 Å². The lowest BCUT2D eigenvalue weighted by molar-refractivity contribution is 0.0299. The normalized spacial score (nSPS) is 15.2. The molecule has 1 fully saturated rings. The van der Waals surface area contributed by atoms with Crippen LogP contribution < -0.4 is 5.32 Å². The van der Waals surface area contributed by atoms with E-state index in [1.54, 1.807) is 11.0 Å². The van der Waals surface area contributed by atoms with E-state index in [0.717, 1.165) is 25.2 Å². The molecule has 1 N–H and O–H groups in total. The van der Waals surface area contributed by atoms with Crippen molar-refractivity contribution in [3.8, 4) is 0 Å². The maximum Gasteiger partial charge on any atom is 0.272 e. The van der Waals surface area contributed by atoms with Gasteiger partial charge >= 0.3 is 0 Å². The van der Waals surface area contributed by atoms with Gasteiger partial charge in [0.25, 0.3) is 5.91 Å². The summed E-state index contributed by atoms with van der Waals surface area (Å²) >= 11 is 0. The van der Waals surface area contributed by atoms with Crippen molar-refractivity contribution in [1.82, 2.24) is 19.8 Å². The molecule has 2 heterocycles. The van der Waals surface area contributed by atoms with Gasteiger partial charge in [0, 0.05) is 25.3 Å². The summed E-state index contributed by atoms with van der Waals surface area (Å²) in [6.07, 6.45) is 0.997. The minimum absolute atomic E-state index is 0.0508. The number of ether oxygens (including phenoxy) is 1. The number of aromatic nitrogens is 2. The first-order chi connectivity index (χ1) is 10.6. The summed E-state index contributed by atoms with van der Waals surface area (Å²) in [5.74, 6) is 0.473. The third-order valence-electron chi connectivity index (χ3n) is 3.44. The van der Waals surface area contributed by atoms with Gasteiger partial charge in [0.1, 0.15) is 5.69 Å². The van der Waals surface area contributed by atoms with Crippen LogP contribution in [0.15, 0.2) is 6.07 Å². The zero-order chi connectivity index (χ0) is 15.9. The van der Waals surface area contributed by atoms with Gasteiger partial charge in [0.15, 0.2) is 0 Å². The van der Waals surface area contributed by atoms with Crippen LogP contribution in [0.1, 0.15) is 22.6 Å². The summed E-state index contributed by atoms with van der Waals surface area (Å²) in [5, 5.41) is 3.19. The number of hydrogen-bond acceptors (Lipinski definition) is 6. The first-order valence-electron chi connectivity index (χ1n) is 7.67. The molecular formula is C15H25N5O2. The molecule has 0 saturated carbocycles. The van der Waals surface area contributed by atoms with Crippen LogP contribution in [0.5, 0.6) is 0 Å². The van der Waals surface area contributed by atoms with E-state index < -0.39 is 0 Å². The molecule has 0 spiro atoms. The summed E-state index contributed by atoms with van der Waals surface area (Å²) in [7, 11) is 4.09. The van der Waals surface area contributed by atoms with Crippen LogP contribution in [0.25, 0.3) is 0 Å². The van der Waals surface area contributed by atoms with Crippen molar-refractivity contribution in [2.24, 2.45) is 0 Å². The van der Waals surface area contributed by atoms with E-state index in [2.05, 4.69) is 20.2 Å². The van der Waals surface area contributed by atoms with Gasteiger partial charge in [-0.15, -0.1) is 0 Å². The first kappa shape index (κ1) is 16.6. The van der Waals surface area contributed by atoms with Crippen LogP contribution >= 0.6 is 0 Å². The quantitative estimate of drug-likeness (QED) is 0.777. The van der Waals surface area contributed by atoms with Crippen LogP contribution in [0.3, 0.4) is 0 Å². The molecule has 0 atom stereocenters. The number of rotatable bonds is 6. The number of hydrogen-bond donors (Lipinski definition) is 1. The molecule has 0 radical (unpaired) electrons. The number of morpholine rings is 1. The Morgan fingerprint density at radius 3 is 2.77 bits per heavy atom. The fourth-order valence-electron chi connectivity index (χ4n) is 2.28. The molecule has 0 unspecified atom stereocenters. The van der Waals surface area contributed by atoms with Crippen molar-refractivity contribution < 1.29 is 9.53 Å². The molecule has 7 nitrogen and oxygen atoms in total. The third kappa shape index (κ3) is 4.92. The Labute approximate surface area is 131 Å². The Hall–Kier alpha value is -1.73. The van der Waals surface area contributed by atoms with Gasteiger partial charge in [-0.2, -0.15) is 0 Å². The molecular weight excluding hydrogens is 282 g/mol. The standard InChI is InChI=1S/C15H25N5O2/c1-12-11-13(14(21)20-7-9-22-10-8-20)18-15(17-12)16-5-4-6-19(2)3/h11H,4-10H2,1-3H3,(H,16,17,18). The Balaban J connectivity index is 1.98. The second-order valence-electron chi connectivity index (χ2n) is 5.71. The number of anilines is 1. The predicted molar refractivity (Wildman–Crippen MR) is 85.2 cm³/mol. The number of carbonyl (C=O) groups excluding carboxylic acids is 1. The SMILES string of the molecule is Cc1cc(C(=O)N2CCOCC2)nc(NCCCN(C)C)n1. The molecule has 1 saturated heterocycles. The molecule has 1 amide bonds. The van der Waals surface area contributed by atoms with Crippen LogP contribution in [-0.2, 0) is 4.74 Å². The molecule has 1 aromatic heterocycles. The lowest BCUT2D eigenvalue weighted by atomic mass is 10.3. The van der Waals surface area contributed by atoms with Crippen molar-refractivity contribution in [1.29, 1.82) is 0 Å². The second-order valence-corrected chi connectivity index (χ2v) is 5.71. The topological polar surface area (TPSA) is 70.6 Å². The van der Waals surface area contributed by atoms with Crippen molar-refractivity contribution in [2.45, 2.75) is 13.3 Å². The summed E-state index contributed by atoms with van der Waals surface area (Å²) in [4.78, 5) is 25.1. The average molecular weight is 307 g/mol. The number of aryl methyl sites for hydroxylation is 1. The van der Waals surface area contributed by atoms with E-state index in [9.17, 15) is 4.79 Å². The van der Waals surface area contributed by atoms with Gasteiger partial charge in [0.2, 0.25) is 5.95 Å². The van der Waals surface area contributed by atoms with Crippen molar-refractivity contribution in [2.75, 3.05) is 58.8 Å². The van der Waals surface area contributed by atoms with E-state index >= 15 is 0 Å². The molecule has 1 aliphatic rings. The summed E-state index contributed by atoms with van der Waals surface area (Å²) in [6.45, 7) is 6.08. The van der Waals surface area contributed by atoms with Gasteiger partial charge in [-0.05, 0) is 40.1 Å². The lowest BCUT2D eigenvalue weighted by Crippen LogP contribution is -2.41. The second kappa shape index (κ2) is 8.05. The molecule has 7 heteroatoms. The zero-order valence-corrected chi connectivity index (χ0v) is 13.6. The number of nitrogens with one attached hydrogen (secondary N) is 1. The lowest BCUT2D eigenvalue weighted by Gasteiger charge is -2.26. The van der Waals surface area contributed by atoms with E-state index in [1.807, 2.05) is 21.0 Å². The average Bonchev–Trinajstić information content (AvgIpc) is 2.51. The first-order valence-corrected chi connectivity index (χ1v) is 7.67. The maximum atomic E-state index is 12.5. The molecule has 22 heavy (non-hydrogen) atoms. The molecule has 2 rings (SSSR count). The highest BCUT2D eigenvalue weighted by molar-refractivity contribution is 5.92. The Bertz CT molecular complexity index is 501. The number of nitrogens with zero attached hydrogens (tertiary/aromatic N) is 4. The summed E-state index contributed by atoms with van der Waals surface area (Å²) < 4.78 is 5.27. The van der Waals surface area contributed by atoms with Gasteiger partial charge in [-0.25, -0.2) is 9.97 Å². The number of amides is 1. The summed E-state index contributed by atoms with van der Waals surface area (Å²) in [6, 6.07) is 1.74. The van der Waals surface area contributed by atoms with Crippen molar-refractivity contribution in [3.63, 3.8) is 0 Å². The molecule has 0 aromatic carbocycles. The molecule has 0 bridgehead atoms. The predicted octanol–water partition coefficient (Wildman–Crippen LogP) is 0.621.